The van der Waals surface area contributed by atoms with Crippen LogP contribution in [0.2, 0.25) is 0 Å². The van der Waals surface area contributed by atoms with E-state index in [1.165, 1.54) is 5.30 Å². The molecule has 2 rings (SSSR count). The molecule has 0 saturated heterocycles. The first-order valence-electron chi connectivity index (χ1n) is 7.39. The fourth-order valence-electron chi connectivity index (χ4n) is 2.85. The van der Waals surface area contributed by atoms with Crippen molar-refractivity contribution in [2.24, 2.45) is 0 Å². The van der Waals surface area contributed by atoms with E-state index in [0.717, 1.165) is 5.30 Å². The zero-order chi connectivity index (χ0) is 15.5. The maximum atomic E-state index is 6.31. The van der Waals surface area contributed by atoms with Crippen molar-refractivity contribution in [3.05, 3.63) is 60.7 Å². The van der Waals surface area contributed by atoms with Gasteiger partial charge in [-0.3, -0.25) is 4.67 Å². The average Bonchev–Trinajstić information content (AvgIpc) is 2.48. The maximum absolute atomic E-state index is 6.31. The van der Waals surface area contributed by atoms with Gasteiger partial charge in [-0.2, -0.15) is 30.3 Å². The molecule has 0 heterocycles. The Bertz CT molecular complexity index is 562. The van der Waals surface area contributed by atoms with Gasteiger partial charge in [0.15, 0.2) is 0 Å². The fourth-order valence-corrected chi connectivity index (χ4v) is 7.89. The zero-order valence-corrected chi connectivity index (χ0v) is 15.9. The van der Waals surface area contributed by atoms with Crippen LogP contribution in [0.3, 0.4) is 0 Å². The second-order valence-corrected chi connectivity index (χ2v) is 9.92. The summed E-state index contributed by atoms with van der Waals surface area (Å²) in [4.78, 5) is 0. The monoisotopic (exact) mass is 323 g/mol. The molecule has 1 atom stereocenters. The third kappa shape index (κ3) is 3.94. The van der Waals surface area contributed by atoms with Crippen LogP contribution in [0.4, 0.5) is 0 Å². The number of hydrogen-bond donors (Lipinski definition) is 0. The number of benzene rings is 2. The zero-order valence-electron chi connectivity index (χ0n) is 14.2. The van der Waals surface area contributed by atoms with Crippen LogP contribution in [-0.2, 0) is 11.8 Å². The Morgan fingerprint density at radius 2 is 1.45 bits per heavy atom. The number of nitrogens with zero attached hydrogens (tertiary/aromatic N) is 1. The molecule has 2 aromatic carbocycles. The molecule has 0 bridgehead atoms. The van der Waals surface area contributed by atoms with E-state index in [1.54, 1.807) is 0 Å². The van der Waals surface area contributed by atoms with Crippen LogP contribution in [-0.4, -0.2) is 16.8 Å². The molecule has 2 aromatic rings. The molecule has 0 radical (unpaired) electrons. The minimum Gasteiger partial charge on any atom is -0.265 e. The molecule has 0 amide bonds. The van der Waals surface area contributed by atoms with Gasteiger partial charge >= 0.3 is 18.9 Å². The third-order valence-electron chi connectivity index (χ3n) is 3.51. The van der Waals surface area contributed by atoms with Gasteiger partial charge in [0.25, 0.3) is 0 Å². The third-order valence-corrected chi connectivity index (χ3v) is 8.80. The largest absolute Gasteiger partial charge is 1.00 e. The van der Waals surface area contributed by atoms with E-state index < -0.39 is 6.19 Å². The van der Waals surface area contributed by atoms with Crippen molar-refractivity contribution in [1.29, 1.82) is 0 Å². The molecule has 0 aromatic heterocycles. The van der Waals surface area contributed by atoms with E-state index in [1.807, 2.05) is 18.2 Å². The molecule has 0 aliphatic carbocycles. The van der Waals surface area contributed by atoms with Crippen LogP contribution in [0, 0.1) is 6.07 Å². The quantitative estimate of drug-likeness (QED) is 0.458. The average molecular weight is 323 g/mol. The molecule has 0 N–H and O–H groups in total. The van der Waals surface area contributed by atoms with Crippen LogP contribution in [0.5, 0.6) is 0 Å². The molecule has 0 aliphatic heterocycles. The summed E-state index contributed by atoms with van der Waals surface area (Å²) in [6.07, 6.45) is -2.04. The van der Waals surface area contributed by atoms with Gasteiger partial charge in [0.05, 0.1) is 0 Å². The van der Waals surface area contributed by atoms with Gasteiger partial charge in [-0.05, 0) is 27.7 Å². The van der Waals surface area contributed by atoms with Crippen LogP contribution in [0.15, 0.2) is 54.6 Å². The van der Waals surface area contributed by atoms with E-state index in [2.05, 4.69) is 74.8 Å². The van der Waals surface area contributed by atoms with Gasteiger partial charge in [-0.1, -0.05) is 42.1 Å². The predicted molar refractivity (Wildman–Crippen MR) is 97.4 cm³/mol. The molecule has 112 valence electrons. The van der Waals surface area contributed by atoms with Gasteiger partial charge in [0.2, 0.25) is 0 Å². The van der Waals surface area contributed by atoms with Gasteiger partial charge < -0.3 is 0 Å². The number of hydrogen-bond acceptors (Lipinski definition) is 1. The van der Waals surface area contributed by atoms with E-state index in [9.17, 15) is 0 Å². The minimum atomic E-state index is -2.04. The summed E-state index contributed by atoms with van der Waals surface area (Å²) < 4.78 is 2.49. The molecule has 0 saturated carbocycles. The summed E-state index contributed by atoms with van der Waals surface area (Å²) >= 11 is 6.31. The van der Waals surface area contributed by atoms with Crippen molar-refractivity contribution < 1.29 is 18.9 Å². The van der Waals surface area contributed by atoms with Crippen molar-refractivity contribution in [3.63, 3.8) is 0 Å². The number of rotatable bonds is 5. The molecular weight excluding hydrogens is 300 g/mol. The molecular formula is C18H23LiNPS. The Kier molecular flexibility index (Phi) is 7.60. The molecule has 0 aliphatic rings. The molecule has 1 nitrogen and oxygen atoms in total. The van der Waals surface area contributed by atoms with Crippen molar-refractivity contribution in [1.82, 2.24) is 4.67 Å². The Labute approximate surface area is 152 Å². The Morgan fingerprint density at radius 3 is 1.91 bits per heavy atom. The first-order valence-corrected chi connectivity index (χ1v) is 10.1. The van der Waals surface area contributed by atoms with Crippen LogP contribution < -0.4 is 29.5 Å². The van der Waals surface area contributed by atoms with Gasteiger partial charge in [0, 0.05) is 23.6 Å². The smallest absolute Gasteiger partial charge is 0.265 e. The van der Waals surface area contributed by atoms with Crippen molar-refractivity contribution in [2.45, 2.75) is 39.8 Å². The Hall–Kier alpha value is -0.353. The normalized spacial score (nSPS) is 14.0. The second-order valence-electron chi connectivity index (χ2n) is 5.73. The first kappa shape index (κ1) is 19.7. The summed E-state index contributed by atoms with van der Waals surface area (Å²) in [5.74, 6) is 0. The second kappa shape index (κ2) is 8.49. The first-order chi connectivity index (χ1) is 9.98. The van der Waals surface area contributed by atoms with Gasteiger partial charge in [0.1, 0.15) is 0 Å². The molecule has 22 heavy (non-hydrogen) atoms. The Balaban J connectivity index is 0.00000242. The molecule has 1 unspecified atom stereocenters. The van der Waals surface area contributed by atoms with Crippen LogP contribution >= 0.6 is 6.19 Å². The van der Waals surface area contributed by atoms with Crippen molar-refractivity contribution >= 4 is 28.6 Å². The fraction of sp³-hybridized carbons (Fsp3) is 0.333. The van der Waals surface area contributed by atoms with Gasteiger partial charge in [-0.25, -0.2) is 0 Å². The van der Waals surface area contributed by atoms with Gasteiger partial charge in [-0.15, -0.1) is 5.30 Å². The van der Waals surface area contributed by atoms with Crippen LogP contribution in [0.25, 0.3) is 0 Å². The summed E-state index contributed by atoms with van der Waals surface area (Å²) in [7, 11) is 0. The maximum Gasteiger partial charge on any atom is 1.00 e. The molecule has 4 heteroatoms. The molecule has 0 fully saturated rings. The summed E-state index contributed by atoms with van der Waals surface area (Å²) in [6.45, 7) is 8.92. The summed E-state index contributed by atoms with van der Waals surface area (Å²) in [5.41, 5.74) is 0. The summed E-state index contributed by atoms with van der Waals surface area (Å²) in [6, 6.07) is 22.9. The van der Waals surface area contributed by atoms with Crippen molar-refractivity contribution in [2.75, 3.05) is 0 Å². The minimum absolute atomic E-state index is 0. The topological polar surface area (TPSA) is 3.24 Å². The Morgan fingerprint density at radius 1 is 0.909 bits per heavy atom. The molecule has 0 spiro atoms. The van der Waals surface area contributed by atoms with Crippen molar-refractivity contribution in [3.8, 4) is 0 Å². The van der Waals surface area contributed by atoms with E-state index in [0.29, 0.717) is 12.1 Å². The SMILES string of the molecule is CC(C)N(C(C)C)P(=S)(c1[c-]cccc1)c1ccccc1.[Li+]. The van der Waals surface area contributed by atoms with E-state index in [4.69, 9.17) is 11.8 Å². The van der Waals surface area contributed by atoms with E-state index >= 15 is 0 Å². The summed E-state index contributed by atoms with van der Waals surface area (Å²) in [5, 5.41) is 2.39. The standard InChI is InChI=1S/C18H23NPS.Li/c1-15(2)19(16(3)4)20(21,17-11-7-5-8-12-17)18-13-9-6-10-14-18;/h5-13,15-16H,1-4H3;/q-1;+1. The van der Waals surface area contributed by atoms with Crippen LogP contribution in [0.1, 0.15) is 27.7 Å². The predicted octanol–water partition coefficient (Wildman–Crippen LogP) is 0.955. The van der Waals surface area contributed by atoms with E-state index in [-0.39, 0.29) is 18.9 Å².